The topological polar surface area (TPSA) is 6.48 Å². The van der Waals surface area contributed by atoms with Crippen LogP contribution in [0.2, 0.25) is 0 Å². The van der Waals surface area contributed by atoms with Crippen LogP contribution in [0.4, 0.5) is 0 Å². The lowest BCUT2D eigenvalue weighted by Crippen LogP contribution is -2.52. The molecule has 0 radical (unpaired) electrons. The van der Waals surface area contributed by atoms with Gasteiger partial charge in [-0.3, -0.25) is 9.80 Å². The summed E-state index contributed by atoms with van der Waals surface area (Å²) in [5.41, 5.74) is 0. The van der Waals surface area contributed by atoms with Gasteiger partial charge in [0.15, 0.2) is 0 Å². The Balaban J connectivity index is 1.76. The normalized spacial score (nSPS) is 34.5. The van der Waals surface area contributed by atoms with E-state index in [0.29, 0.717) is 0 Å². The van der Waals surface area contributed by atoms with E-state index in [1.54, 1.807) is 0 Å². The summed E-state index contributed by atoms with van der Waals surface area (Å²) in [5, 5.41) is 0. The summed E-state index contributed by atoms with van der Waals surface area (Å²) < 4.78 is 0. The molecule has 0 spiro atoms. The Kier molecular flexibility index (Phi) is 4.26. The molecule has 2 fully saturated rings. The molecule has 0 bridgehead atoms. The second-order valence-corrected chi connectivity index (χ2v) is 6.08. The van der Waals surface area contributed by atoms with Gasteiger partial charge in [-0.25, -0.2) is 0 Å². The summed E-state index contributed by atoms with van der Waals surface area (Å²) in [6.07, 6.45) is 5.80. The second kappa shape index (κ2) is 5.50. The van der Waals surface area contributed by atoms with Crippen molar-refractivity contribution in [2.45, 2.75) is 58.5 Å². The van der Waals surface area contributed by atoms with E-state index in [4.69, 9.17) is 0 Å². The standard InChI is InChI=1S/C14H28N2/c1-12(2)15-8-10-16(11-9-15)14-6-4-13(3)5-7-14/h12-14H,4-11H2,1-3H3. The molecule has 2 rings (SSSR count). The summed E-state index contributed by atoms with van der Waals surface area (Å²) in [5.74, 6) is 0.980. The van der Waals surface area contributed by atoms with E-state index in [1.807, 2.05) is 0 Å². The van der Waals surface area contributed by atoms with Crippen molar-refractivity contribution in [2.24, 2.45) is 5.92 Å². The Hall–Kier alpha value is -0.0800. The van der Waals surface area contributed by atoms with Crippen molar-refractivity contribution in [3.05, 3.63) is 0 Å². The molecule has 94 valence electrons. The summed E-state index contributed by atoms with van der Waals surface area (Å²) in [7, 11) is 0. The molecule has 2 nitrogen and oxygen atoms in total. The predicted octanol–water partition coefficient (Wildman–Crippen LogP) is 2.59. The van der Waals surface area contributed by atoms with Crippen LogP contribution in [0.3, 0.4) is 0 Å². The maximum atomic E-state index is 2.75. The Labute approximate surface area is 101 Å². The smallest absolute Gasteiger partial charge is 0.0113 e. The molecule has 0 N–H and O–H groups in total. The third-order valence-electron chi connectivity index (χ3n) is 4.58. The monoisotopic (exact) mass is 224 g/mol. The molecule has 1 saturated carbocycles. The highest BCUT2D eigenvalue weighted by Crippen LogP contribution is 2.27. The summed E-state index contributed by atoms with van der Waals surface area (Å²) >= 11 is 0. The van der Waals surface area contributed by atoms with Gasteiger partial charge in [-0.15, -0.1) is 0 Å². The minimum atomic E-state index is 0.730. The van der Waals surface area contributed by atoms with Crippen LogP contribution in [0.15, 0.2) is 0 Å². The lowest BCUT2D eigenvalue weighted by molar-refractivity contribution is 0.0588. The van der Waals surface area contributed by atoms with Gasteiger partial charge in [0.05, 0.1) is 0 Å². The minimum Gasteiger partial charge on any atom is -0.298 e. The minimum absolute atomic E-state index is 0.730. The average Bonchev–Trinajstić information content (AvgIpc) is 2.30. The molecule has 2 heteroatoms. The maximum Gasteiger partial charge on any atom is 0.0113 e. The first-order valence-electron chi connectivity index (χ1n) is 7.15. The van der Waals surface area contributed by atoms with Gasteiger partial charge in [0, 0.05) is 38.3 Å². The first-order chi connectivity index (χ1) is 7.66. The van der Waals surface area contributed by atoms with Gasteiger partial charge in [0.1, 0.15) is 0 Å². The largest absolute Gasteiger partial charge is 0.298 e. The van der Waals surface area contributed by atoms with Crippen molar-refractivity contribution in [3.8, 4) is 0 Å². The zero-order valence-corrected chi connectivity index (χ0v) is 11.3. The Bertz CT molecular complexity index is 199. The summed E-state index contributed by atoms with van der Waals surface area (Å²) in [4.78, 5) is 5.37. The van der Waals surface area contributed by atoms with E-state index in [1.165, 1.54) is 51.9 Å². The third kappa shape index (κ3) is 2.98. The van der Waals surface area contributed by atoms with Gasteiger partial charge in [-0.1, -0.05) is 6.92 Å². The van der Waals surface area contributed by atoms with Crippen molar-refractivity contribution >= 4 is 0 Å². The Morgan fingerprint density at radius 2 is 1.44 bits per heavy atom. The van der Waals surface area contributed by atoms with Crippen molar-refractivity contribution in [1.29, 1.82) is 0 Å². The van der Waals surface area contributed by atoms with Crippen LogP contribution in [0.1, 0.15) is 46.5 Å². The SMILES string of the molecule is CC1CCC(N2CCN(C(C)C)CC2)CC1. The predicted molar refractivity (Wildman–Crippen MR) is 69.7 cm³/mol. The van der Waals surface area contributed by atoms with Crippen molar-refractivity contribution in [3.63, 3.8) is 0 Å². The van der Waals surface area contributed by atoms with Crippen LogP contribution >= 0.6 is 0 Å². The fourth-order valence-corrected chi connectivity index (χ4v) is 3.23. The van der Waals surface area contributed by atoms with E-state index in [0.717, 1.165) is 18.0 Å². The average molecular weight is 224 g/mol. The van der Waals surface area contributed by atoms with Gasteiger partial charge in [-0.2, -0.15) is 0 Å². The summed E-state index contributed by atoms with van der Waals surface area (Å²) in [6, 6.07) is 1.64. The Morgan fingerprint density at radius 1 is 0.875 bits per heavy atom. The molecular weight excluding hydrogens is 196 g/mol. The summed E-state index contributed by atoms with van der Waals surface area (Å²) in [6.45, 7) is 12.2. The van der Waals surface area contributed by atoms with Crippen LogP contribution < -0.4 is 0 Å². The van der Waals surface area contributed by atoms with E-state index < -0.39 is 0 Å². The molecule has 1 aliphatic heterocycles. The number of piperazine rings is 1. The number of hydrogen-bond donors (Lipinski definition) is 0. The third-order valence-corrected chi connectivity index (χ3v) is 4.58. The molecule has 0 aromatic carbocycles. The second-order valence-electron chi connectivity index (χ2n) is 6.08. The highest BCUT2D eigenvalue weighted by molar-refractivity contribution is 4.83. The van der Waals surface area contributed by atoms with Gasteiger partial charge in [-0.05, 0) is 45.4 Å². The van der Waals surface area contributed by atoms with Crippen LogP contribution in [-0.4, -0.2) is 48.1 Å². The van der Waals surface area contributed by atoms with Crippen molar-refractivity contribution < 1.29 is 0 Å². The fraction of sp³-hybridized carbons (Fsp3) is 1.00. The molecule has 16 heavy (non-hydrogen) atoms. The highest BCUT2D eigenvalue weighted by atomic mass is 15.3. The number of rotatable bonds is 2. The first kappa shape index (κ1) is 12.4. The number of nitrogens with zero attached hydrogens (tertiary/aromatic N) is 2. The van der Waals surface area contributed by atoms with Gasteiger partial charge in [0.2, 0.25) is 0 Å². The molecule has 1 heterocycles. The molecule has 0 aromatic heterocycles. The molecule has 1 saturated heterocycles. The maximum absolute atomic E-state index is 2.75. The van der Waals surface area contributed by atoms with Gasteiger partial charge in [0.25, 0.3) is 0 Å². The molecule has 0 amide bonds. The molecule has 0 unspecified atom stereocenters. The van der Waals surface area contributed by atoms with Gasteiger partial charge < -0.3 is 0 Å². The first-order valence-corrected chi connectivity index (χ1v) is 7.15. The van der Waals surface area contributed by atoms with Crippen LogP contribution in [0.5, 0.6) is 0 Å². The quantitative estimate of drug-likeness (QED) is 0.711. The van der Waals surface area contributed by atoms with E-state index in [-0.39, 0.29) is 0 Å². The van der Waals surface area contributed by atoms with E-state index >= 15 is 0 Å². The molecule has 1 aliphatic carbocycles. The van der Waals surface area contributed by atoms with Crippen LogP contribution in [-0.2, 0) is 0 Å². The zero-order chi connectivity index (χ0) is 11.5. The Morgan fingerprint density at radius 3 is 1.94 bits per heavy atom. The lowest BCUT2D eigenvalue weighted by atomic mass is 9.86. The van der Waals surface area contributed by atoms with Crippen molar-refractivity contribution in [2.75, 3.05) is 26.2 Å². The van der Waals surface area contributed by atoms with Gasteiger partial charge >= 0.3 is 0 Å². The molecule has 0 atom stereocenters. The van der Waals surface area contributed by atoms with Crippen molar-refractivity contribution in [1.82, 2.24) is 9.80 Å². The van der Waals surface area contributed by atoms with E-state index in [9.17, 15) is 0 Å². The molecule has 0 aromatic rings. The fourth-order valence-electron chi connectivity index (χ4n) is 3.23. The number of hydrogen-bond acceptors (Lipinski definition) is 2. The molecular formula is C14H28N2. The highest BCUT2D eigenvalue weighted by Gasteiger charge is 2.27. The lowest BCUT2D eigenvalue weighted by Gasteiger charge is -2.42. The van der Waals surface area contributed by atoms with Crippen LogP contribution in [0, 0.1) is 5.92 Å². The van der Waals surface area contributed by atoms with Crippen LogP contribution in [0.25, 0.3) is 0 Å². The van der Waals surface area contributed by atoms with E-state index in [2.05, 4.69) is 30.6 Å². The zero-order valence-electron chi connectivity index (χ0n) is 11.3. The molecule has 2 aliphatic rings.